The van der Waals surface area contributed by atoms with Gasteiger partial charge in [-0.05, 0) is 31.6 Å². The molecule has 4 aliphatic rings. The summed E-state index contributed by atoms with van der Waals surface area (Å²) in [5, 5.41) is 9.83. The summed E-state index contributed by atoms with van der Waals surface area (Å²) in [7, 11) is 1.64. The van der Waals surface area contributed by atoms with E-state index in [1.54, 1.807) is 11.9 Å². The smallest absolute Gasteiger partial charge is 0.475 e. The minimum Gasteiger partial charge on any atom is -0.475 e. The van der Waals surface area contributed by atoms with Crippen LogP contribution in [0.2, 0.25) is 0 Å². The summed E-state index contributed by atoms with van der Waals surface area (Å²) in [6.07, 6.45) is -1.94. The SMILES string of the molecule is CNC(=O)C1COC2(CN(C(=O)C3(F)CC3)C2)CN1CC1CC1.O=C(O)C(F)(F)F. The maximum Gasteiger partial charge on any atom is 0.490 e. The lowest BCUT2D eigenvalue weighted by molar-refractivity contribution is -0.207. The van der Waals surface area contributed by atoms with Crippen molar-refractivity contribution in [3.63, 3.8) is 0 Å². The minimum atomic E-state index is -5.08. The Morgan fingerprint density at radius 3 is 2.17 bits per heavy atom. The van der Waals surface area contributed by atoms with Crippen molar-refractivity contribution in [2.24, 2.45) is 5.92 Å². The van der Waals surface area contributed by atoms with E-state index in [0.29, 0.717) is 45.0 Å². The van der Waals surface area contributed by atoms with Gasteiger partial charge in [-0.1, -0.05) is 0 Å². The number of likely N-dealkylation sites (N-methyl/N-ethyl adjacent to an activating group) is 1. The highest BCUT2D eigenvalue weighted by Gasteiger charge is 2.59. The first-order valence-corrected chi connectivity index (χ1v) is 9.77. The van der Waals surface area contributed by atoms with E-state index in [-0.39, 0.29) is 17.9 Å². The van der Waals surface area contributed by atoms with E-state index >= 15 is 0 Å². The van der Waals surface area contributed by atoms with Crippen molar-refractivity contribution in [1.82, 2.24) is 15.1 Å². The average molecular weight is 439 g/mol. The third-order valence-electron chi connectivity index (χ3n) is 5.78. The predicted octanol–water partition coefficient (Wildman–Crippen LogP) is 0.560. The molecule has 8 nitrogen and oxygen atoms in total. The van der Waals surface area contributed by atoms with Gasteiger partial charge < -0.3 is 20.1 Å². The van der Waals surface area contributed by atoms with E-state index < -0.39 is 23.4 Å². The Hall–Kier alpha value is -1.95. The van der Waals surface area contributed by atoms with E-state index in [1.807, 2.05) is 0 Å². The quantitative estimate of drug-likeness (QED) is 0.622. The second kappa shape index (κ2) is 7.95. The second-order valence-corrected chi connectivity index (χ2v) is 8.43. The highest BCUT2D eigenvalue weighted by atomic mass is 19.4. The lowest BCUT2D eigenvalue weighted by atomic mass is 9.89. The van der Waals surface area contributed by atoms with Crippen molar-refractivity contribution >= 4 is 17.8 Å². The molecule has 0 aromatic rings. The molecule has 0 bridgehead atoms. The number of likely N-dealkylation sites (tertiary alicyclic amines) is 1. The molecule has 1 spiro atoms. The van der Waals surface area contributed by atoms with E-state index in [1.165, 1.54) is 12.8 Å². The number of nitrogens with zero attached hydrogens (tertiary/aromatic N) is 2. The number of carboxylic acid groups (broad SMARTS) is 1. The maximum atomic E-state index is 13.9. The van der Waals surface area contributed by atoms with Crippen LogP contribution in [0.5, 0.6) is 0 Å². The number of aliphatic carboxylic acids is 1. The van der Waals surface area contributed by atoms with Crippen molar-refractivity contribution in [1.29, 1.82) is 0 Å². The zero-order valence-electron chi connectivity index (χ0n) is 16.5. The zero-order valence-corrected chi connectivity index (χ0v) is 16.5. The molecule has 2 heterocycles. The summed E-state index contributed by atoms with van der Waals surface area (Å²) in [5.41, 5.74) is -2.02. The molecule has 1 atom stereocenters. The summed E-state index contributed by atoms with van der Waals surface area (Å²) in [4.78, 5) is 36.8. The van der Waals surface area contributed by atoms with Gasteiger partial charge in [0.1, 0.15) is 11.6 Å². The molecular formula is C18H25F4N3O5. The Morgan fingerprint density at radius 1 is 1.17 bits per heavy atom. The van der Waals surface area contributed by atoms with Gasteiger partial charge in [0.25, 0.3) is 5.91 Å². The molecule has 1 unspecified atom stereocenters. The van der Waals surface area contributed by atoms with Crippen LogP contribution in [0.25, 0.3) is 0 Å². The Kier molecular flexibility index (Phi) is 6.02. The van der Waals surface area contributed by atoms with Crippen molar-refractivity contribution in [3.05, 3.63) is 0 Å². The number of ether oxygens (including phenoxy) is 1. The van der Waals surface area contributed by atoms with E-state index in [4.69, 9.17) is 14.6 Å². The van der Waals surface area contributed by atoms with Crippen LogP contribution >= 0.6 is 0 Å². The highest BCUT2D eigenvalue weighted by molar-refractivity contribution is 5.89. The normalized spacial score (nSPS) is 26.8. The van der Waals surface area contributed by atoms with Crippen LogP contribution in [0.1, 0.15) is 25.7 Å². The molecule has 2 saturated heterocycles. The third kappa shape index (κ3) is 5.02. The van der Waals surface area contributed by atoms with E-state index in [2.05, 4.69) is 10.2 Å². The average Bonchev–Trinajstić information content (AvgIpc) is 3.57. The largest absolute Gasteiger partial charge is 0.490 e. The first-order valence-electron chi connectivity index (χ1n) is 9.77. The fraction of sp³-hybridized carbons (Fsp3) is 0.833. The Bertz CT molecular complexity index is 702. The summed E-state index contributed by atoms with van der Waals surface area (Å²) >= 11 is 0. The standard InChI is InChI=1S/C16H24FN3O3.C2HF3O2/c1-18-13(21)12-7-23-15(8-19(12)6-11-2-3-11)9-20(10-15)14(22)16(17)4-5-16;3-2(4,5)1(6)7/h11-12H,2-10H2,1H3,(H,18,21);(H,6,7). The monoisotopic (exact) mass is 439 g/mol. The number of carboxylic acids is 1. The van der Waals surface area contributed by atoms with E-state index in [9.17, 15) is 27.2 Å². The van der Waals surface area contributed by atoms with Gasteiger partial charge in [0, 0.05) is 20.1 Å². The molecule has 2 aliphatic heterocycles. The van der Waals surface area contributed by atoms with Gasteiger partial charge in [0.05, 0.1) is 19.7 Å². The number of rotatable bonds is 4. The van der Waals surface area contributed by atoms with E-state index in [0.717, 1.165) is 6.54 Å². The molecule has 0 aromatic heterocycles. The van der Waals surface area contributed by atoms with Crippen LogP contribution in [-0.2, 0) is 19.1 Å². The molecule has 2 aliphatic carbocycles. The Labute approximate surface area is 170 Å². The van der Waals surface area contributed by atoms with Crippen LogP contribution in [0.4, 0.5) is 17.6 Å². The van der Waals surface area contributed by atoms with Gasteiger partial charge in [-0.3, -0.25) is 14.5 Å². The van der Waals surface area contributed by atoms with Gasteiger partial charge in [0.15, 0.2) is 5.67 Å². The molecule has 2 N–H and O–H groups in total. The number of halogens is 4. The number of hydrogen-bond acceptors (Lipinski definition) is 5. The second-order valence-electron chi connectivity index (χ2n) is 8.43. The molecule has 4 fully saturated rings. The molecule has 0 aromatic carbocycles. The van der Waals surface area contributed by atoms with Gasteiger partial charge >= 0.3 is 12.1 Å². The summed E-state index contributed by atoms with van der Waals surface area (Å²) in [6, 6.07) is -0.257. The first kappa shape index (κ1) is 22.7. The summed E-state index contributed by atoms with van der Waals surface area (Å²) in [6.45, 7) is 2.78. The Morgan fingerprint density at radius 2 is 1.73 bits per heavy atom. The zero-order chi connectivity index (χ0) is 22.3. The highest BCUT2D eigenvalue weighted by Crippen LogP contribution is 2.44. The third-order valence-corrected chi connectivity index (χ3v) is 5.78. The number of amides is 2. The molecule has 2 amide bonds. The first-order chi connectivity index (χ1) is 13.9. The fourth-order valence-electron chi connectivity index (χ4n) is 3.71. The Balaban J connectivity index is 0.000000318. The summed E-state index contributed by atoms with van der Waals surface area (Å²) < 4.78 is 51.6. The van der Waals surface area contributed by atoms with Gasteiger partial charge in [-0.15, -0.1) is 0 Å². The number of nitrogens with one attached hydrogen (secondary N) is 1. The van der Waals surface area contributed by atoms with Crippen LogP contribution < -0.4 is 5.32 Å². The van der Waals surface area contributed by atoms with Crippen molar-refractivity contribution < 1.29 is 41.8 Å². The van der Waals surface area contributed by atoms with Crippen LogP contribution in [0.3, 0.4) is 0 Å². The van der Waals surface area contributed by atoms with Gasteiger partial charge in [-0.25, -0.2) is 9.18 Å². The van der Waals surface area contributed by atoms with Crippen molar-refractivity contribution in [2.45, 2.75) is 49.2 Å². The minimum absolute atomic E-state index is 0.0200. The lowest BCUT2D eigenvalue weighted by Crippen LogP contribution is -2.74. The molecule has 12 heteroatoms. The van der Waals surface area contributed by atoms with Gasteiger partial charge in [0.2, 0.25) is 5.91 Å². The number of hydrogen-bond donors (Lipinski definition) is 2. The molecule has 0 radical (unpaired) electrons. The topological polar surface area (TPSA) is 99.2 Å². The van der Waals surface area contributed by atoms with Crippen LogP contribution in [0.15, 0.2) is 0 Å². The predicted molar refractivity (Wildman–Crippen MR) is 94.2 cm³/mol. The molecule has 30 heavy (non-hydrogen) atoms. The van der Waals surface area contributed by atoms with Gasteiger partial charge in [-0.2, -0.15) is 13.2 Å². The lowest BCUT2D eigenvalue weighted by Gasteiger charge is -2.55. The maximum absolute atomic E-state index is 13.9. The number of carbonyl (C=O) groups excluding carboxylic acids is 2. The number of alkyl halides is 4. The number of morpholine rings is 1. The van der Waals surface area contributed by atoms with Crippen LogP contribution in [-0.4, -0.2) is 96.0 Å². The van der Waals surface area contributed by atoms with Crippen LogP contribution in [0, 0.1) is 5.92 Å². The fourth-order valence-corrected chi connectivity index (χ4v) is 3.71. The van der Waals surface area contributed by atoms with Crippen molar-refractivity contribution in [2.75, 3.05) is 39.8 Å². The molecular weight excluding hydrogens is 414 g/mol. The summed E-state index contributed by atoms with van der Waals surface area (Å²) in [5.74, 6) is -2.48. The van der Waals surface area contributed by atoms with Crippen molar-refractivity contribution in [3.8, 4) is 0 Å². The number of carbonyl (C=O) groups is 3. The molecule has 170 valence electrons. The molecule has 2 saturated carbocycles. The molecule has 4 rings (SSSR count).